The Bertz CT molecular complexity index is 481. The van der Waals surface area contributed by atoms with E-state index in [-0.39, 0.29) is 11.7 Å². The van der Waals surface area contributed by atoms with E-state index in [1.165, 1.54) is 6.07 Å². The normalized spacial score (nSPS) is 17.4. The van der Waals surface area contributed by atoms with Crippen molar-refractivity contribution in [1.29, 1.82) is 0 Å². The Hall–Kier alpha value is -1.58. The van der Waals surface area contributed by atoms with Gasteiger partial charge in [-0.25, -0.2) is 4.39 Å². The molecule has 4 heteroatoms. The second kappa shape index (κ2) is 4.59. The van der Waals surface area contributed by atoms with Gasteiger partial charge in [0.1, 0.15) is 5.82 Å². The second-order valence-corrected chi connectivity index (χ2v) is 4.94. The fourth-order valence-electron chi connectivity index (χ4n) is 2.35. The van der Waals surface area contributed by atoms with Gasteiger partial charge < -0.3 is 10.6 Å². The molecule has 2 rings (SSSR count). The van der Waals surface area contributed by atoms with Crippen LogP contribution in [0.3, 0.4) is 0 Å². The summed E-state index contributed by atoms with van der Waals surface area (Å²) in [4.78, 5) is 12.3. The van der Waals surface area contributed by atoms with E-state index in [9.17, 15) is 9.18 Å². The minimum absolute atomic E-state index is 0.0259. The smallest absolute Gasteiger partial charge is 0.232 e. The van der Waals surface area contributed by atoms with Crippen LogP contribution < -0.4 is 10.6 Å². The molecular weight excluding hydrogens is 231 g/mol. The Morgan fingerprint density at radius 3 is 2.56 bits per heavy atom. The van der Waals surface area contributed by atoms with Crippen LogP contribution in [0.1, 0.15) is 32.3 Å². The zero-order valence-corrected chi connectivity index (χ0v) is 11.1. The number of amides is 1. The number of hydrogen-bond acceptors (Lipinski definition) is 2. The van der Waals surface area contributed by atoms with Crippen LogP contribution in [0.15, 0.2) is 12.1 Å². The monoisotopic (exact) mass is 250 g/mol. The lowest BCUT2D eigenvalue weighted by atomic mass is 9.81. The van der Waals surface area contributed by atoms with Gasteiger partial charge in [-0.05, 0) is 37.5 Å². The molecule has 0 aliphatic carbocycles. The van der Waals surface area contributed by atoms with Crippen LogP contribution in [0, 0.1) is 18.2 Å². The van der Waals surface area contributed by atoms with E-state index in [0.29, 0.717) is 17.8 Å². The van der Waals surface area contributed by atoms with E-state index < -0.39 is 5.41 Å². The summed E-state index contributed by atoms with van der Waals surface area (Å²) in [7, 11) is 0. The van der Waals surface area contributed by atoms with Gasteiger partial charge in [-0.15, -0.1) is 0 Å². The van der Waals surface area contributed by atoms with E-state index in [4.69, 9.17) is 0 Å². The van der Waals surface area contributed by atoms with Gasteiger partial charge in [0, 0.05) is 6.54 Å². The van der Waals surface area contributed by atoms with Crippen molar-refractivity contribution in [3.8, 4) is 0 Å². The first kappa shape index (κ1) is 12.9. The van der Waals surface area contributed by atoms with Crippen molar-refractivity contribution in [2.24, 2.45) is 5.41 Å². The highest BCUT2D eigenvalue weighted by Crippen LogP contribution is 2.35. The number of nitrogens with one attached hydrogen (secondary N) is 2. The van der Waals surface area contributed by atoms with E-state index >= 15 is 0 Å². The van der Waals surface area contributed by atoms with E-state index in [0.717, 1.165) is 18.5 Å². The van der Waals surface area contributed by atoms with Crippen LogP contribution >= 0.6 is 0 Å². The quantitative estimate of drug-likeness (QED) is 0.845. The minimum atomic E-state index is -0.413. The number of anilines is 2. The minimum Gasteiger partial charge on any atom is -0.382 e. The van der Waals surface area contributed by atoms with Crippen molar-refractivity contribution in [2.75, 3.05) is 17.2 Å². The number of rotatable bonds is 2. The highest BCUT2D eigenvalue weighted by atomic mass is 19.1. The zero-order chi connectivity index (χ0) is 13.3. The summed E-state index contributed by atoms with van der Waals surface area (Å²) >= 11 is 0. The third-order valence-corrected chi connectivity index (χ3v) is 4.00. The van der Waals surface area contributed by atoms with E-state index in [2.05, 4.69) is 10.6 Å². The molecule has 1 heterocycles. The van der Waals surface area contributed by atoms with Crippen LogP contribution in [0.5, 0.6) is 0 Å². The highest BCUT2D eigenvalue weighted by Gasteiger charge is 2.37. The van der Waals surface area contributed by atoms with Crippen LogP contribution in [0.4, 0.5) is 15.8 Å². The predicted molar refractivity (Wildman–Crippen MR) is 71.3 cm³/mol. The topological polar surface area (TPSA) is 41.1 Å². The van der Waals surface area contributed by atoms with Gasteiger partial charge in [-0.3, -0.25) is 4.79 Å². The lowest BCUT2D eigenvalue weighted by molar-refractivity contribution is -0.125. The number of halogens is 1. The van der Waals surface area contributed by atoms with E-state index in [1.807, 2.05) is 13.8 Å². The molecule has 3 nitrogen and oxygen atoms in total. The number of benzene rings is 1. The van der Waals surface area contributed by atoms with Crippen LogP contribution in [-0.2, 0) is 4.79 Å². The van der Waals surface area contributed by atoms with Gasteiger partial charge in [-0.1, -0.05) is 13.8 Å². The molecule has 0 fully saturated rings. The van der Waals surface area contributed by atoms with Crippen LogP contribution in [0.2, 0.25) is 0 Å². The SMILES string of the molecule is CCC1(CC)CNc2cc(C)c(F)cc2NC1=O. The van der Waals surface area contributed by atoms with Gasteiger partial charge in [-0.2, -0.15) is 0 Å². The Morgan fingerprint density at radius 2 is 1.94 bits per heavy atom. The molecule has 1 aromatic carbocycles. The molecule has 1 aromatic rings. The molecule has 0 unspecified atom stereocenters. The number of hydrogen-bond donors (Lipinski definition) is 2. The summed E-state index contributed by atoms with van der Waals surface area (Å²) in [5.74, 6) is -0.321. The zero-order valence-electron chi connectivity index (χ0n) is 11.1. The summed E-state index contributed by atoms with van der Waals surface area (Å²) in [6, 6.07) is 3.13. The van der Waals surface area contributed by atoms with Gasteiger partial charge in [0.2, 0.25) is 5.91 Å². The van der Waals surface area contributed by atoms with Gasteiger partial charge in [0.05, 0.1) is 16.8 Å². The standard InChI is InChI=1S/C14H19FN2O/c1-4-14(5-2)8-16-11-6-9(3)10(15)7-12(11)17-13(14)18/h6-7,16H,4-5,8H2,1-3H3,(H,17,18). The molecule has 98 valence electrons. The lowest BCUT2D eigenvalue weighted by Gasteiger charge is -2.27. The molecule has 0 saturated carbocycles. The van der Waals surface area contributed by atoms with Crippen molar-refractivity contribution in [3.05, 3.63) is 23.5 Å². The molecule has 0 radical (unpaired) electrons. The maximum Gasteiger partial charge on any atom is 0.232 e. The second-order valence-electron chi connectivity index (χ2n) is 4.94. The van der Waals surface area contributed by atoms with Gasteiger partial charge in [0.15, 0.2) is 0 Å². The summed E-state index contributed by atoms with van der Waals surface area (Å²) in [5, 5.41) is 6.11. The molecule has 18 heavy (non-hydrogen) atoms. The summed E-state index contributed by atoms with van der Waals surface area (Å²) < 4.78 is 13.5. The van der Waals surface area contributed by atoms with Crippen molar-refractivity contribution < 1.29 is 9.18 Å². The average Bonchev–Trinajstić information content (AvgIpc) is 2.48. The van der Waals surface area contributed by atoms with Gasteiger partial charge in [0.25, 0.3) is 0 Å². The summed E-state index contributed by atoms with van der Waals surface area (Å²) in [6.07, 6.45) is 1.52. The lowest BCUT2D eigenvalue weighted by Crippen LogP contribution is -2.39. The Morgan fingerprint density at radius 1 is 1.28 bits per heavy atom. The van der Waals surface area contributed by atoms with Crippen LogP contribution in [0.25, 0.3) is 0 Å². The largest absolute Gasteiger partial charge is 0.382 e. The van der Waals surface area contributed by atoms with Crippen LogP contribution in [-0.4, -0.2) is 12.5 Å². The molecule has 1 aliphatic heterocycles. The molecule has 0 aromatic heterocycles. The maximum atomic E-state index is 13.5. The third kappa shape index (κ3) is 1.96. The molecule has 0 spiro atoms. The molecule has 2 N–H and O–H groups in total. The fraction of sp³-hybridized carbons (Fsp3) is 0.500. The Kier molecular flexibility index (Phi) is 3.28. The molecule has 1 aliphatic rings. The Balaban J connectivity index is 2.41. The van der Waals surface area contributed by atoms with E-state index in [1.54, 1.807) is 13.0 Å². The number of fused-ring (bicyclic) bond motifs is 1. The number of aryl methyl sites for hydroxylation is 1. The summed E-state index contributed by atoms with van der Waals surface area (Å²) in [5.41, 5.74) is 1.50. The number of carbonyl (C=O) groups excluding carboxylic acids is 1. The van der Waals surface area contributed by atoms with Crippen molar-refractivity contribution in [2.45, 2.75) is 33.6 Å². The first-order valence-corrected chi connectivity index (χ1v) is 6.38. The maximum absolute atomic E-state index is 13.5. The third-order valence-electron chi connectivity index (χ3n) is 4.00. The average molecular weight is 250 g/mol. The molecule has 1 amide bonds. The van der Waals surface area contributed by atoms with Crippen molar-refractivity contribution >= 4 is 17.3 Å². The highest BCUT2D eigenvalue weighted by molar-refractivity contribution is 5.99. The first-order chi connectivity index (χ1) is 8.52. The van der Waals surface area contributed by atoms with Crippen molar-refractivity contribution in [3.63, 3.8) is 0 Å². The molecule has 0 bridgehead atoms. The number of carbonyl (C=O) groups is 1. The molecular formula is C14H19FN2O. The van der Waals surface area contributed by atoms with Crippen molar-refractivity contribution in [1.82, 2.24) is 0 Å². The first-order valence-electron chi connectivity index (χ1n) is 6.38. The Labute approximate surface area is 107 Å². The predicted octanol–water partition coefficient (Wildman–Crippen LogP) is 3.30. The summed E-state index contributed by atoms with van der Waals surface area (Å²) in [6.45, 7) is 6.32. The van der Waals surface area contributed by atoms with Gasteiger partial charge >= 0.3 is 0 Å². The molecule has 0 atom stereocenters. The fourth-order valence-corrected chi connectivity index (χ4v) is 2.35. The molecule has 0 saturated heterocycles.